The fourth-order valence-corrected chi connectivity index (χ4v) is 1.68. The van der Waals surface area contributed by atoms with Crippen LogP contribution in [0, 0.1) is 0 Å². The Bertz CT molecular complexity index is 323. The van der Waals surface area contributed by atoms with Crippen molar-refractivity contribution in [1.29, 1.82) is 0 Å². The van der Waals surface area contributed by atoms with Crippen LogP contribution < -0.4 is 10.1 Å². The molecule has 0 unspecified atom stereocenters. The van der Waals surface area contributed by atoms with Crippen molar-refractivity contribution in [2.75, 3.05) is 6.54 Å². The molecule has 2 heterocycles. The summed E-state index contributed by atoms with van der Waals surface area (Å²) in [5.41, 5.74) is 1.02. The molecule has 5 heteroatoms. The highest BCUT2D eigenvalue weighted by Gasteiger charge is 2.20. The van der Waals surface area contributed by atoms with E-state index >= 15 is 0 Å². The van der Waals surface area contributed by atoms with Gasteiger partial charge in [-0.25, -0.2) is 0 Å². The Hall–Kier alpha value is -0.510. The Kier molecular flexibility index (Phi) is 6.72. The van der Waals surface area contributed by atoms with E-state index in [1.807, 2.05) is 18.3 Å². The lowest BCUT2D eigenvalue weighted by Crippen LogP contribution is -2.29. The Morgan fingerprint density at radius 3 is 2.94 bits per heavy atom. The molecular weight excluding hydrogens is 247 g/mol. The highest BCUT2D eigenvalue weighted by Crippen LogP contribution is 2.26. The lowest BCUT2D eigenvalue weighted by atomic mass is 10.2. The van der Waals surface area contributed by atoms with Crippen LogP contribution in [0.5, 0.6) is 5.75 Å². The van der Waals surface area contributed by atoms with E-state index in [9.17, 15) is 0 Å². The zero-order valence-corrected chi connectivity index (χ0v) is 11.1. The number of fused-ring (bicyclic) bond motifs is 1. The van der Waals surface area contributed by atoms with E-state index in [4.69, 9.17) is 4.74 Å². The third-order valence-corrected chi connectivity index (χ3v) is 2.61. The van der Waals surface area contributed by atoms with Gasteiger partial charge in [-0.05, 0) is 25.5 Å². The summed E-state index contributed by atoms with van der Waals surface area (Å²) in [5.74, 6) is 0.928. The van der Waals surface area contributed by atoms with Crippen molar-refractivity contribution in [2.24, 2.45) is 0 Å². The SMILES string of the molecule is CC[C@@H]1CN[C@@H](C)c2ncccc2O1.Cl.Cl. The van der Waals surface area contributed by atoms with Gasteiger partial charge in [0.2, 0.25) is 0 Å². The first kappa shape index (κ1) is 15.5. The molecular formula is C11H18Cl2N2O. The molecule has 16 heavy (non-hydrogen) atoms. The first-order chi connectivity index (χ1) is 6.81. The fraction of sp³-hybridized carbons (Fsp3) is 0.545. The highest BCUT2D eigenvalue weighted by molar-refractivity contribution is 5.85. The molecule has 0 aromatic carbocycles. The fourth-order valence-electron chi connectivity index (χ4n) is 1.68. The number of rotatable bonds is 1. The molecule has 1 aromatic heterocycles. The molecule has 0 bridgehead atoms. The maximum absolute atomic E-state index is 5.85. The maximum Gasteiger partial charge on any atom is 0.142 e. The predicted octanol–water partition coefficient (Wildman–Crippen LogP) is 2.75. The van der Waals surface area contributed by atoms with Crippen LogP contribution in [0.15, 0.2) is 18.3 Å². The average molecular weight is 265 g/mol. The minimum absolute atomic E-state index is 0. The van der Waals surface area contributed by atoms with Gasteiger partial charge in [0.15, 0.2) is 0 Å². The molecule has 0 fully saturated rings. The zero-order valence-electron chi connectivity index (χ0n) is 9.47. The summed E-state index contributed by atoms with van der Waals surface area (Å²) < 4.78 is 5.85. The van der Waals surface area contributed by atoms with E-state index in [-0.39, 0.29) is 37.0 Å². The number of aromatic nitrogens is 1. The molecule has 92 valence electrons. The van der Waals surface area contributed by atoms with Crippen molar-refractivity contribution in [3.8, 4) is 5.75 Å². The molecule has 0 amide bonds. The van der Waals surface area contributed by atoms with Crippen molar-refractivity contribution in [3.05, 3.63) is 24.0 Å². The van der Waals surface area contributed by atoms with Crippen LogP contribution in [0.1, 0.15) is 32.0 Å². The molecule has 0 radical (unpaired) electrons. The Balaban J connectivity index is 0.00000112. The molecule has 2 rings (SSSR count). The minimum Gasteiger partial charge on any atom is -0.487 e. The molecule has 2 atom stereocenters. The summed E-state index contributed by atoms with van der Waals surface area (Å²) in [7, 11) is 0. The topological polar surface area (TPSA) is 34.2 Å². The largest absolute Gasteiger partial charge is 0.487 e. The predicted molar refractivity (Wildman–Crippen MR) is 69.9 cm³/mol. The van der Waals surface area contributed by atoms with Gasteiger partial charge in [0.1, 0.15) is 11.9 Å². The van der Waals surface area contributed by atoms with Crippen LogP contribution in [0.4, 0.5) is 0 Å². The third-order valence-electron chi connectivity index (χ3n) is 2.61. The number of halogens is 2. The molecule has 0 spiro atoms. The van der Waals surface area contributed by atoms with Crippen molar-refractivity contribution in [3.63, 3.8) is 0 Å². The van der Waals surface area contributed by atoms with Crippen molar-refractivity contribution < 1.29 is 4.74 Å². The van der Waals surface area contributed by atoms with E-state index < -0.39 is 0 Å². The second-order valence-electron chi connectivity index (χ2n) is 3.66. The second-order valence-corrected chi connectivity index (χ2v) is 3.66. The molecule has 0 saturated carbocycles. The number of ether oxygens (including phenoxy) is 1. The molecule has 1 aliphatic rings. The van der Waals surface area contributed by atoms with Crippen LogP contribution in [-0.4, -0.2) is 17.6 Å². The zero-order chi connectivity index (χ0) is 9.97. The molecule has 0 aliphatic carbocycles. The van der Waals surface area contributed by atoms with Crippen molar-refractivity contribution in [2.45, 2.75) is 32.4 Å². The molecule has 1 aliphatic heterocycles. The molecule has 1 aromatic rings. The van der Waals surface area contributed by atoms with E-state index in [1.165, 1.54) is 0 Å². The molecule has 1 N–H and O–H groups in total. The van der Waals surface area contributed by atoms with Crippen molar-refractivity contribution in [1.82, 2.24) is 10.3 Å². The molecule has 3 nitrogen and oxygen atoms in total. The number of hydrogen-bond acceptors (Lipinski definition) is 3. The van der Waals surface area contributed by atoms with Gasteiger partial charge in [0.05, 0.1) is 11.7 Å². The standard InChI is InChI=1S/C11H16N2O.2ClH/c1-3-9-7-13-8(2)11-10(14-9)5-4-6-12-11;;/h4-6,8-9,13H,3,7H2,1-2H3;2*1H/t8-,9+;;/m0../s1. The van der Waals surface area contributed by atoms with Gasteiger partial charge in [-0.15, -0.1) is 24.8 Å². The Labute approximate surface area is 109 Å². The van der Waals surface area contributed by atoms with E-state index in [2.05, 4.69) is 24.1 Å². The van der Waals surface area contributed by atoms with Crippen LogP contribution in [0.2, 0.25) is 0 Å². The monoisotopic (exact) mass is 264 g/mol. The summed E-state index contributed by atoms with van der Waals surface area (Å²) in [4.78, 5) is 4.34. The van der Waals surface area contributed by atoms with E-state index in [1.54, 1.807) is 0 Å². The Morgan fingerprint density at radius 1 is 1.50 bits per heavy atom. The van der Waals surface area contributed by atoms with E-state index in [0.717, 1.165) is 24.4 Å². The lowest BCUT2D eigenvalue weighted by molar-refractivity contribution is 0.200. The van der Waals surface area contributed by atoms with Crippen LogP contribution >= 0.6 is 24.8 Å². The van der Waals surface area contributed by atoms with Gasteiger partial charge >= 0.3 is 0 Å². The maximum atomic E-state index is 5.85. The lowest BCUT2D eigenvalue weighted by Gasteiger charge is -2.14. The summed E-state index contributed by atoms with van der Waals surface area (Å²) in [6, 6.07) is 4.20. The normalized spacial score (nSPS) is 22.9. The summed E-state index contributed by atoms with van der Waals surface area (Å²) in [6.45, 7) is 5.15. The van der Waals surface area contributed by atoms with Crippen LogP contribution in [0.3, 0.4) is 0 Å². The van der Waals surface area contributed by atoms with Gasteiger partial charge in [-0.2, -0.15) is 0 Å². The van der Waals surface area contributed by atoms with Crippen LogP contribution in [-0.2, 0) is 0 Å². The van der Waals surface area contributed by atoms with Gasteiger partial charge in [0, 0.05) is 12.7 Å². The average Bonchev–Trinajstić information content (AvgIpc) is 2.39. The second kappa shape index (κ2) is 6.94. The quantitative estimate of drug-likeness (QED) is 0.847. The summed E-state index contributed by atoms with van der Waals surface area (Å²) in [6.07, 6.45) is 3.10. The smallest absolute Gasteiger partial charge is 0.142 e. The number of nitrogens with zero attached hydrogens (tertiary/aromatic N) is 1. The number of pyridine rings is 1. The van der Waals surface area contributed by atoms with Gasteiger partial charge in [0.25, 0.3) is 0 Å². The highest BCUT2D eigenvalue weighted by atomic mass is 35.5. The van der Waals surface area contributed by atoms with Gasteiger partial charge in [-0.1, -0.05) is 6.92 Å². The summed E-state index contributed by atoms with van der Waals surface area (Å²) in [5, 5.41) is 3.41. The van der Waals surface area contributed by atoms with E-state index in [0.29, 0.717) is 0 Å². The minimum atomic E-state index is 0. The third kappa shape index (κ3) is 3.24. The van der Waals surface area contributed by atoms with Gasteiger partial charge < -0.3 is 10.1 Å². The first-order valence-corrected chi connectivity index (χ1v) is 5.16. The van der Waals surface area contributed by atoms with Crippen molar-refractivity contribution >= 4 is 24.8 Å². The Morgan fingerprint density at radius 2 is 2.25 bits per heavy atom. The first-order valence-electron chi connectivity index (χ1n) is 5.16. The number of hydrogen-bond donors (Lipinski definition) is 1. The number of nitrogens with one attached hydrogen (secondary N) is 1. The summed E-state index contributed by atoms with van der Waals surface area (Å²) >= 11 is 0. The van der Waals surface area contributed by atoms with Crippen LogP contribution in [0.25, 0.3) is 0 Å². The molecule has 0 saturated heterocycles. The van der Waals surface area contributed by atoms with Gasteiger partial charge in [-0.3, -0.25) is 4.98 Å².